The van der Waals surface area contributed by atoms with Crippen molar-refractivity contribution in [3.8, 4) is 0 Å². The number of amides is 1. The van der Waals surface area contributed by atoms with Crippen molar-refractivity contribution in [3.05, 3.63) is 59.9 Å². The van der Waals surface area contributed by atoms with Gasteiger partial charge in [0.2, 0.25) is 0 Å². The predicted octanol–water partition coefficient (Wildman–Crippen LogP) is 3.09. The van der Waals surface area contributed by atoms with Gasteiger partial charge in [-0.1, -0.05) is 0 Å². The zero-order valence-electron chi connectivity index (χ0n) is 10.2. The van der Waals surface area contributed by atoms with E-state index in [9.17, 15) is 13.6 Å². The number of hydrogen-bond acceptors (Lipinski definition) is 2. The lowest BCUT2D eigenvalue weighted by atomic mass is 10.2. The molecule has 0 aliphatic rings. The predicted molar refractivity (Wildman–Crippen MR) is 70.4 cm³/mol. The van der Waals surface area contributed by atoms with E-state index in [0.29, 0.717) is 5.65 Å². The van der Waals surface area contributed by atoms with E-state index >= 15 is 0 Å². The van der Waals surface area contributed by atoms with Crippen LogP contribution in [0.5, 0.6) is 0 Å². The average molecular weight is 273 g/mol. The second-order valence-electron chi connectivity index (χ2n) is 4.24. The number of aromatic nitrogens is 2. The number of H-pyrrole nitrogens is 1. The van der Waals surface area contributed by atoms with E-state index in [2.05, 4.69) is 15.3 Å². The van der Waals surface area contributed by atoms with Crippen LogP contribution in [-0.4, -0.2) is 15.9 Å². The third-order valence-corrected chi connectivity index (χ3v) is 2.76. The molecule has 0 aliphatic carbocycles. The van der Waals surface area contributed by atoms with Crippen LogP contribution in [0.15, 0.2) is 42.6 Å². The summed E-state index contributed by atoms with van der Waals surface area (Å²) in [4.78, 5) is 18.9. The summed E-state index contributed by atoms with van der Waals surface area (Å²) in [7, 11) is 0. The minimum atomic E-state index is -0.751. The van der Waals surface area contributed by atoms with Crippen molar-refractivity contribution >= 4 is 22.6 Å². The summed E-state index contributed by atoms with van der Waals surface area (Å²) in [6.45, 7) is 0. The summed E-state index contributed by atoms with van der Waals surface area (Å²) in [6, 6.07) is 8.00. The molecule has 20 heavy (non-hydrogen) atoms. The number of nitrogens with one attached hydrogen (secondary N) is 2. The summed E-state index contributed by atoms with van der Waals surface area (Å²) < 4.78 is 26.1. The molecule has 4 nitrogen and oxygen atoms in total. The van der Waals surface area contributed by atoms with Crippen molar-refractivity contribution in [1.82, 2.24) is 9.97 Å². The first kappa shape index (κ1) is 12.3. The first-order valence-corrected chi connectivity index (χ1v) is 5.83. The molecule has 0 aliphatic heterocycles. The number of hydrogen-bond donors (Lipinski definition) is 2. The van der Waals surface area contributed by atoms with Crippen LogP contribution in [0.1, 0.15) is 10.5 Å². The van der Waals surface area contributed by atoms with Gasteiger partial charge in [0.1, 0.15) is 23.0 Å². The van der Waals surface area contributed by atoms with Crippen LogP contribution in [-0.2, 0) is 0 Å². The number of fused-ring (bicyclic) bond motifs is 1. The Morgan fingerprint density at radius 1 is 1.15 bits per heavy atom. The van der Waals surface area contributed by atoms with Crippen LogP contribution >= 0.6 is 0 Å². The lowest BCUT2D eigenvalue weighted by Crippen LogP contribution is -2.12. The molecule has 3 rings (SSSR count). The van der Waals surface area contributed by atoms with Crippen molar-refractivity contribution in [2.75, 3.05) is 5.32 Å². The van der Waals surface area contributed by atoms with Gasteiger partial charge in [-0.2, -0.15) is 0 Å². The van der Waals surface area contributed by atoms with Crippen molar-refractivity contribution in [2.24, 2.45) is 0 Å². The molecule has 1 aromatic carbocycles. The highest BCUT2D eigenvalue weighted by Gasteiger charge is 2.11. The number of carbonyl (C=O) groups excluding carboxylic acids is 1. The lowest BCUT2D eigenvalue weighted by molar-refractivity contribution is 0.102. The summed E-state index contributed by atoms with van der Waals surface area (Å²) in [6.07, 6.45) is 1.60. The van der Waals surface area contributed by atoms with E-state index in [1.54, 1.807) is 24.4 Å². The number of nitrogens with zero attached hydrogens (tertiary/aromatic N) is 1. The second-order valence-corrected chi connectivity index (χ2v) is 4.24. The molecule has 6 heteroatoms. The number of aromatic amines is 1. The highest BCUT2D eigenvalue weighted by molar-refractivity contribution is 6.05. The maximum Gasteiger partial charge on any atom is 0.272 e. The highest BCUT2D eigenvalue weighted by atomic mass is 19.1. The molecule has 0 bridgehead atoms. The average Bonchev–Trinajstić information content (AvgIpc) is 2.81. The molecule has 1 amide bonds. The molecule has 3 aromatic rings. The van der Waals surface area contributed by atoms with E-state index in [1.807, 2.05) is 0 Å². The Hall–Kier alpha value is -2.76. The topological polar surface area (TPSA) is 57.8 Å². The summed E-state index contributed by atoms with van der Waals surface area (Å²) in [5.41, 5.74) is 0.894. The van der Waals surface area contributed by atoms with Gasteiger partial charge in [0.15, 0.2) is 0 Å². The molecule has 0 saturated carbocycles. The monoisotopic (exact) mass is 273 g/mol. The molecule has 0 fully saturated rings. The molecule has 0 radical (unpaired) electrons. The smallest absolute Gasteiger partial charge is 0.272 e. The molecular formula is C14H9F2N3O. The van der Waals surface area contributed by atoms with Crippen LogP contribution in [0.25, 0.3) is 11.0 Å². The molecule has 0 unspecified atom stereocenters. The van der Waals surface area contributed by atoms with Gasteiger partial charge >= 0.3 is 0 Å². The third kappa shape index (κ3) is 2.35. The minimum absolute atomic E-state index is 0.0547. The largest absolute Gasteiger partial charge is 0.335 e. The maximum absolute atomic E-state index is 13.0. The molecule has 0 atom stereocenters. The van der Waals surface area contributed by atoms with Crippen molar-refractivity contribution in [3.63, 3.8) is 0 Å². The van der Waals surface area contributed by atoms with Gasteiger partial charge in [-0.25, -0.2) is 13.8 Å². The SMILES string of the molecule is O=C(Nc1cc(F)cc(F)c1)c1cc2cccnc2[nH]1. The first-order chi connectivity index (χ1) is 9.61. The molecule has 2 heterocycles. The maximum atomic E-state index is 13.0. The zero-order chi connectivity index (χ0) is 14.1. The summed E-state index contributed by atoms with van der Waals surface area (Å²) in [5.74, 6) is -2.00. The highest BCUT2D eigenvalue weighted by Crippen LogP contribution is 2.16. The molecular weight excluding hydrogens is 264 g/mol. The Bertz CT molecular complexity index is 745. The Morgan fingerprint density at radius 2 is 1.90 bits per heavy atom. The minimum Gasteiger partial charge on any atom is -0.335 e. The summed E-state index contributed by atoms with van der Waals surface area (Å²) in [5, 5.41) is 3.20. The van der Waals surface area contributed by atoms with Gasteiger partial charge in [-0.05, 0) is 30.3 Å². The summed E-state index contributed by atoms with van der Waals surface area (Å²) >= 11 is 0. The molecule has 2 aromatic heterocycles. The van der Waals surface area contributed by atoms with E-state index < -0.39 is 17.5 Å². The van der Waals surface area contributed by atoms with Gasteiger partial charge in [0.25, 0.3) is 5.91 Å². The number of pyridine rings is 1. The van der Waals surface area contributed by atoms with Crippen LogP contribution < -0.4 is 5.32 Å². The third-order valence-electron chi connectivity index (χ3n) is 2.76. The Balaban J connectivity index is 1.88. The van der Waals surface area contributed by atoms with Gasteiger partial charge in [-0.3, -0.25) is 4.79 Å². The number of carbonyl (C=O) groups is 1. The Kier molecular flexibility index (Phi) is 2.90. The number of anilines is 1. The fourth-order valence-corrected chi connectivity index (χ4v) is 1.90. The zero-order valence-corrected chi connectivity index (χ0v) is 10.2. The van der Waals surface area contributed by atoms with Gasteiger partial charge < -0.3 is 10.3 Å². The first-order valence-electron chi connectivity index (χ1n) is 5.83. The molecule has 2 N–H and O–H groups in total. The number of rotatable bonds is 2. The van der Waals surface area contributed by atoms with E-state index in [4.69, 9.17) is 0 Å². The van der Waals surface area contributed by atoms with Gasteiger partial charge in [-0.15, -0.1) is 0 Å². The van der Waals surface area contributed by atoms with Crippen molar-refractivity contribution in [2.45, 2.75) is 0 Å². The van der Waals surface area contributed by atoms with Crippen LogP contribution in [0.3, 0.4) is 0 Å². The van der Waals surface area contributed by atoms with Crippen LogP contribution in [0.2, 0.25) is 0 Å². The van der Waals surface area contributed by atoms with Gasteiger partial charge in [0.05, 0.1) is 0 Å². The van der Waals surface area contributed by atoms with E-state index in [0.717, 1.165) is 23.6 Å². The van der Waals surface area contributed by atoms with E-state index in [1.165, 1.54) is 0 Å². The normalized spacial score (nSPS) is 10.7. The molecule has 100 valence electrons. The fourth-order valence-electron chi connectivity index (χ4n) is 1.90. The van der Waals surface area contributed by atoms with Crippen LogP contribution in [0.4, 0.5) is 14.5 Å². The Morgan fingerprint density at radius 3 is 2.60 bits per heavy atom. The second kappa shape index (κ2) is 4.73. The van der Waals surface area contributed by atoms with Crippen LogP contribution in [0, 0.1) is 11.6 Å². The van der Waals surface area contributed by atoms with Gasteiger partial charge in [0, 0.05) is 23.3 Å². The number of halogens is 2. The van der Waals surface area contributed by atoms with E-state index in [-0.39, 0.29) is 11.4 Å². The Labute approximate surface area is 112 Å². The molecule has 0 saturated heterocycles. The van der Waals surface area contributed by atoms with Crippen molar-refractivity contribution in [1.29, 1.82) is 0 Å². The number of benzene rings is 1. The standard InChI is InChI=1S/C14H9F2N3O/c15-9-5-10(16)7-11(6-9)18-14(20)12-4-8-2-1-3-17-13(8)19-12/h1-7H,(H,17,19)(H,18,20). The molecule has 0 spiro atoms. The fraction of sp³-hybridized carbons (Fsp3) is 0. The lowest BCUT2D eigenvalue weighted by Gasteiger charge is -2.03. The quantitative estimate of drug-likeness (QED) is 0.753. The van der Waals surface area contributed by atoms with Crippen molar-refractivity contribution < 1.29 is 13.6 Å².